The highest BCUT2D eigenvalue weighted by atomic mass is 31.2. The Balaban J connectivity index is 5.17. The first-order valence-corrected chi connectivity index (χ1v) is 41.7. The van der Waals surface area contributed by atoms with Crippen LogP contribution in [0.25, 0.3) is 0 Å². The molecule has 3 N–H and O–H groups in total. The zero-order chi connectivity index (χ0) is 69.6. The largest absolute Gasteiger partial charge is 0.472 e. The number of hydrogen-bond acceptors (Lipinski definition) is 15. The van der Waals surface area contributed by atoms with E-state index in [4.69, 9.17) is 37.0 Å². The predicted octanol–water partition coefficient (Wildman–Crippen LogP) is 21.7. The standard InChI is InChI=1S/C75H146O17P2/c1-9-68(8)54-46-38-29-22-18-16-14-12-10-11-13-15-17-19-23-31-41-49-57-74(79)91-70(61-85-72(77)55-47-39-30-24-20-21-27-35-43-51-65(2)3)63-89-93(81,82)87-59-69(76)60-88-94(83,84)90-64-71(62-86-73(78)56-48-40-34-33-37-45-53-67(6)7)92-75(80)58-50-42-32-26-25-28-36-44-52-66(4)5/h65-71,76H,9-64H2,1-8H3,(H,81,82)(H,83,84)/t68?,69-,70-,71-/m1/s1. The Morgan fingerprint density at radius 2 is 0.511 bits per heavy atom. The van der Waals surface area contributed by atoms with E-state index < -0.39 is 97.5 Å². The number of hydrogen-bond donors (Lipinski definition) is 3. The second-order valence-corrected chi connectivity index (χ2v) is 31.6. The first-order chi connectivity index (χ1) is 45.1. The quantitative estimate of drug-likeness (QED) is 0.0222. The summed E-state index contributed by atoms with van der Waals surface area (Å²) in [4.78, 5) is 72.6. The first-order valence-electron chi connectivity index (χ1n) is 38.7. The number of ether oxygens (including phenoxy) is 4. The van der Waals surface area contributed by atoms with E-state index in [-0.39, 0.29) is 25.7 Å². The van der Waals surface area contributed by atoms with Crippen molar-refractivity contribution in [3.05, 3.63) is 0 Å². The monoisotopic (exact) mass is 1380 g/mol. The van der Waals surface area contributed by atoms with Gasteiger partial charge in [-0.3, -0.25) is 37.3 Å². The van der Waals surface area contributed by atoms with Crippen LogP contribution in [-0.2, 0) is 65.4 Å². The molecular weight excluding hydrogens is 1230 g/mol. The molecule has 19 heteroatoms. The fourth-order valence-electron chi connectivity index (χ4n) is 11.3. The summed E-state index contributed by atoms with van der Waals surface area (Å²) in [5.74, 6) is 0.885. The third-order valence-electron chi connectivity index (χ3n) is 17.7. The molecular formula is C75H146O17P2. The molecule has 0 fully saturated rings. The van der Waals surface area contributed by atoms with Crippen LogP contribution in [0.2, 0.25) is 0 Å². The van der Waals surface area contributed by atoms with Gasteiger partial charge in [-0.15, -0.1) is 0 Å². The van der Waals surface area contributed by atoms with Crippen molar-refractivity contribution in [3.8, 4) is 0 Å². The summed E-state index contributed by atoms with van der Waals surface area (Å²) in [7, 11) is -9.91. The van der Waals surface area contributed by atoms with Crippen molar-refractivity contribution in [1.29, 1.82) is 0 Å². The number of carbonyl (C=O) groups excluding carboxylic acids is 4. The number of aliphatic hydroxyl groups is 1. The third-order valence-corrected chi connectivity index (χ3v) is 19.6. The predicted molar refractivity (Wildman–Crippen MR) is 381 cm³/mol. The van der Waals surface area contributed by atoms with Gasteiger partial charge in [0.1, 0.15) is 19.3 Å². The van der Waals surface area contributed by atoms with E-state index in [1.54, 1.807) is 0 Å². The summed E-state index contributed by atoms with van der Waals surface area (Å²) < 4.78 is 68.4. The first kappa shape index (κ1) is 92.1. The maximum atomic E-state index is 13.1. The smallest absolute Gasteiger partial charge is 0.462 e. The minimum absolute atomic E-state index is 0.103. The molecule has 0 aliphatic heterocycles. The molecule has 6 atom stereocenters. The van der Waals surface area contributed by atoms with Crippen LogP contribution in [-0.4, -0.2) is 96.7 Å². The Morgan fingerprint density at radius 3 is 0.755 bits per heavy atom. The van der Waals surface area contributed by atoms with Crippen LogP contribution in [0.1, 0.15) is 376 Å². The SMILES string of the molecule is CCC(C)CCCCCCCCCCCCCCCCCCCCC(=O)O[C@H](COC(=O)CCCCCCCCCCCC(C)C)COP(=O)(O)OC[C@@H](O)COP(=O)(O)OC[C@@H](COC(=O)CCCCCCCCC(C)C)OC(=O)CCCCCCCCCCC(C)C. The Kier molecular flexibility index (Phi) is 63.1. The number of unbranched alkanes of at least 4 members (excludes halogenated alkanes) is 37. The molecule has 3 unspecified atom stereocenters. The summed E-state index contributed by atoms with van der Waals surface area (Å²) in [6, 6.07) is 0. The van der Waals surface area contributed by atoms with Crippen LogP contribution >= 0.6 is 15.6 Å². The van der Waals surface area contributed by atoms with Crippen LogP contribution in [0.15, 0.2) is 0 Å². The van der Waals surface area contributed by atoms with E-state index in [1.807, 2.05) is 0 Å². The van der Waals surface area contributed by atoms with Crippen molar-refractivity contribution in [2.45, 2.75) is 395 Å². The molecule has 17 nitrogen and oxygen atoms in total. The number of phosphoric ester groups is 2. The lowest BCUT2D eigenvalue weighted by Gasteiger charge is -2.21. The fourth-order valence-corrected chi connectivity index (χ4v) is 12.9. The molecule has 0 aliphatic rings. The lowest BCUT2D eigenvalue weighted by molar-refractivity contribution is -0.161. The van der Waals surface area contributed by atoms with Gasteiger partial charge >= 0.3 is 39.5 Å². The summed E-state index contributed by atoms with van der Waals surface area (Å²) in [5, 5.41) is 10.6. The Morgan fingerprint density at radius 1 is 0.298 bits per heavy atom. The number of rotatable bonds is 72. The molecule has 0 rings (SSSR count). The summed E-state index contributed by atoms with van der Waals surface area (Å²) >= 11 is 0. The number of phosphoric acid groups is 2. The van der Waals surface area contributed by atoms with Gasteiger partial charge in [0.05, 0.1) is 26.4 Å². The molecule has 0 spiro atoms. The van der Waals surface area contributed by atoms with Gasteiger partial charge in [0.2, 0.25) is 0 Å². The molecule has 0 aromatic heterocycles. The van der Waals surface area contributed by atoms with E-state index in [0.29, 0.717) is 31.6 Å². The molecule has 0 aromatic rings. The molecule has 0 aliphatic carbocycles. The number of esters is 4. The molecule has 0 saturated carbocycles. The van der Waals surface area contributed by atoms with Crippen LogP contribution in [0.4, 0.5) is 0 Å². The van der Waals surface area contributed by atoms with Crippen LogP contribution < -0.4 is 0 Å². The van der Waals surface area contributed by atoms with Gasteiger partial charge in [-0.2, -0.15) is 0 Å². The van der Waals surface area contributed by atoms with Gasteiger partial charge in [-0.25, -0.2) is 9.13 Å². The average molecular weight is 1380 g/mol. The molecule has 0 radical (unpaired) electrons. The fraction of sp³-hybridized carbons (Fsp3) is 0.947. The zero-order valence-electron chi connectivity index (χ0n) is 61.6. The maximum Gasteiger partial charge on any atom is 0.472 e. The van der Waals surface area contributed by atoms with E-state index in [1.165, 1.54) is 173 Å². The zero-order valence-corrected chi connectivity index (χ0v) is 63.4. The van der Waals surface area contributed by atoms with Crippen molar-refractivity contribution in [2.24, 2.45) is 23.7 Å². The molecule has 0 amide bonds. The lowest BCUT2D eigenvalue weighted by atomic mass is 9.99. The Labute approximate surface area is 575 Å². The van der Waals surface area contributed by atoms with Crippen molar-refractivity contribution in [1.82, 2.24) is 0 Å². The van der Waals surface area contributed by atoms with Crippen molar-refractivity contribution in [2.75, 3.05) is 39.6 Å². The summed E-state index contributed by atoms with van der Waals surface area (Å²) in [6.45, 7) is 14.1. The average Bonchev–Trinajstić information content (AvgIpc) is 1.59. The maximum absolute atomic E-state index is 13.1. The van der Waals surface area contributed by atoms with Gasteiger partial charge in [0, 0.05) is 25.7 Å². The summed E-state index contributed by atoms with van der Waals surface area (Å²) in [5.41, 5.74) is 0. The van der Waals surface area contributed by atoms with Gasteiger partial charge in [-0.1, -0.05) is 325 Å². The normalized spacial score (nSPS) is 14.4. The van der Waals surface area contributed by atoms with Crippen molar-refractivity contribution < 1.29 is 80.2 Å². The van der Waals surface area contributed by atoms with Gasteiger partial charge in [-0.05, 0) is 49.4 Å². The highest BCUT2D eigenvalue weighted by Crippen LogP contribution is 2.45. The minimum Gasteiger partial charge on any atom is -0.462 e. The van der Waals surface area contributed by atoms with Crippen LogP contribution in [0, 0.1) is 23.7 Å². The molecule has 0 bridgehead atoms. The Hall–Kier alpha value is -1.94. The van der Waals surface area contributed by atoms with Crippen LogP contribution in [0.3, 0.4) is 0 Å². The van der Waals surface area contributed by atoms with Gasteiger partial charge in [0.15, 0.2) is 12.2 Å². The van der Waals surface area contributed by atoms with Crippen LogP contribution in [0.5, 0.6) is 0 Å². The Bertz CT molecular complexity index is 1850. The second kappa shape index (κ2) is 64.4. The number of carbonyl (C=O) groups is 4. The van der Waals surface area contributed by atoms with E-state index in [2.05, 4.69) is 55.4 Å². The van der Waals surface area contributed by atoms with Gasteiger partial charge in [0.25, 0.3) is 0 Å². The molecule has 0 saturated heterocycles. The van der Waals surface area contributed by atoms with Gasteiger partial charge < -0.3 is 33.8 Å². The molecule has 94 heavy (non-hydrogen) atoms. The molecule has 0 aromatic carbocycles. The topological polar surface area (TPSA) is 237 Å². The van der Waals surface area contributed by atoms with E-state index >= 15 is 0 Å². The van der Waals surface area contributed by atoms with Crippen molar-refractivity contribution >= 4 is 39.5 Å². The van der Waals surface area contributed by atoms with E-state index in [9.17, 15) is 43.2 Å². The highest BCUT2D eigenvalue weighted by molar-refractivity contribution is 7.47. The third kappa shape index (κ3) is 67.3. The minimum atomic E-state index is -4.96. The summed E-state index contributed by atoms with van der Waals surface area (Å²) in [6.07, 6.45) is 48.9. The lowest BCUT2D eigenvalue weighted by Crippen LogP contribution is -2.30. The van der Waals surface area contributed by atoms with E-state index in [0.717, 1.165) is 114 Å². The van der Waals surface area contributed by atoms with Crippen molar-refractivity contribution in [3.63, 3.8) is 0 Å². The highest BCUT2D eigenvalue weighted by Gasteiger charge is 2.30. The number of aliphatic hydroxyl groups excluding tert-OH is 1. The second-order valence-electron chi connectivity index (χ2n) is 28.7. The molecule has 558 valence electrons. The molecule has 0 heterocycles.